The average Bonchev–Trinajstić information content (AvgIpc) is 2.52. The van der Waals surface area contributed by atoms with Crippen LogP contribution in [0.4, 0.5) is 0 Å². The van der Waals surface area contributed by atoms with E-state index in [1.807, 2.05) is 6.92 Å². The molecule has 1 amide bonds. The number of hydrogen-bond donors (Lipinski definition) is 1. The molecule has 0 aromatic heterocycles. The molecule has 74 valence electrons. The van der Waals surface area contributed by atoms with Crippen LogP contribution in [0.1, 0.15) is 32.6 Å². The molecule has 1 N–H and O–H groups in total. The Morgan fingerprint density at radius 2 is 2.23 bits per heavy atom. The van der Waals surface area contributed by atoms with E-state index < -0.39 is 12.0 Å². The van der Waals surface area contributed by atoms with E-state index in [0.717, 1.165) is 12.8 Å². The van der Waals surface area contributed by atoms with E-state index in [9.17, 15) is 9.59 Å². The van der Waals surface area contributed by atoms with Crippen LogP contribution >= 0.6 is 0 Å². The van der Waals surface area contributed by atoms with Gasteiger partial charge in [0.15, 0.2) is 0 Å². The maximum Gasteiger partial charge on any atom is 0.326 e. The van der Waals surface area contributed by atoms with Gasteiger partial charge in [-0.05, 0) is 19.3 Å². The molecular formula is C9H15NO3. The van der Waals surface area contributed by atoms with Crippen LogP contribution in [0.2, 0.25) is 0 Å². The fourth-order valence-corrected chi connectivity index (χ4v) is 1.68. The molecule has 1 saturated heterocycles. The maximum atomic E-state index is 11.4. The molecule has 0 unspecified atom stereocenters. The molecule has 4 nitrogen and oxygen atoms in total. The average molecular weight is 185 g/mol. The molecule has 0 saturated carbocycles. The molecule has 1 fully saturated rings. The zero-order valence-corrected chi connectivity index (χ0v) is 7.82. The summed E-state index contributed by atoms with van der Waals surface area (Å²) in [5.74, 6) is -0.894. The van der Waals surface area contributed by atoms with Gasteiger partial charge in [-0.15, -0.1) is 0 Å². The summed E-state index contributed by atoms with van der Waals surface area (Å²) in [6.45, 7) is 2.53. The van der Waals surface area contributed by atoms with Gasteiger partial charge >= 0.3 is 5.97 Å². The van der Waals surface area contributed by atoms with Crippen molar-refractivity contribution in [1.29, 1.82) is 0 Å². The third-order valence-electron chi connectivity index (χ3n) is 2.32. The van der Waals surface area contributed by atoms with Gasteiger partial charge in [0.2, 0.25) is 5.91 Å². The highest BCUT2D eigenvalue weighted by Crippen LogP contribution is 2.18. The van der Waals surface area contributed by atoms with E-state index in [1.165, 1.54) is 4.90 Å². The summed E-state index contributed by atoms with van der Waals surface area (Å²) in [4.78, 5) is 23.6. The zero-order valence-electron chi connectivity index (χ0n) is 7.82. The number of nitrogens with zero attached hydrogens (tertiary/aromatic N) is 1. The number of carbonyl (C=O) groups is 2. The second-order valence-electron chi connectivity index (χ2n) is 3.33. The molecule has 1 atom stereocenters. The minimum Gasteiger partial charge on any atom is -0.480 e. The monoisotopic (exact) mass is 185 g/mol. The van der Waals surface area contributed by atoms with E-state index in [4.69, 9.17) is 5.11 Å². The lowest BCUT2D eigenvalue weighted by Gasteiger charge is -2.20. The normalized spacial score (nSPS) is 21.9. The molecule has 4 heteroatoms. The number of carboxylic acids is 1. The molecule has 0 spiro atoms. The first-order valence-electron chi connectivity index (χ1n) is 4.69. The largest absolute Gasteiger partial charge is 0.480 e. The second-order valence-corrected chi connectivity index (χ2v) is 3.33. The van der Waals surface area contributed by atoms with Crippen molar-refractivity contribution >= 4 is 11.9 Å². The molecule has 1 aliphatic heterocycles. The van der Waals surface area contributed by atoms with Crippen LogP contribution in [-0.4, -0.2) is 34.5 Å². The van der Waals surface area contributed by atoms with E-state index in [0.29, 0.717) is 19.4 Å². The molecule has 0 aromatic carbocycles. The molecule has 0 radical (unpaired) electrons. The van der Waals surface area contributed by atoms with Gasteiger partial charge < -0.3 is 10.0 Å². The van der Waals surface area contributed by atoms with Gasteiger partial charge in [0.25, 0.3) is 0 Å². The van der Waals surface area contributed by atoms with Crippen molar-refractivity contribution in [2.45, 2.75) is 38.6 Å². The maximum absolute atomic E-state index is 11.4. The van der Waals surface area contributed by atoms with Crippen LogP contribution < -0.4 is 0 Å². The van der Waals surface area contributed by atoms with Gasteiger partial charge in [-0.2, -0.15) is 0 Å². The lowest BCUT2D eigenvalue weighted by atomic mass is 10.2. The Hall–Kier alpha value is -1.06. The number of rotatable bonds is 3. The Bertz CT molecular complexity index is 215. The fourth-order valence-electron chi connectivity index (χ4n) is 1.68. The molecule has 1 aliphatic rings. The third kappa shape index (κ3) is 2.20. The summed E-state index contributed by atoms with van der Waals surface area (Å²) < 4.78 is 0. The zero-order chi connectivity index (χ0) is 9.84. The van der Waals surface area contributed by atoms with E-state index in [2.05, 4.69) is 0 Å². The Balaban J connectivity index is 2.57. The Labute approximate surface area is 77.5 Å². The van der Waals surface area contributed by atoms with E-state index in [-0.39, 0.29) is 5.91 Å². The van der Waals surface area contributed by atoms with Crippen molar-refractivity contribution in [3.8, 4) is 0 Å². The summed E-state index contributed by atoms with van der Waals surface area (Å²) in [6.07, 6.45) is 2.66. The standard InChI is InChI=1S/C9H15NO3/c1-2-4-8(11)10-6-3-5-7(10)9(12)13/h7H,2-6H2,1H3,(H,12,13)/t7-/m0/s1. The molecule has 1 heterocycles. The predicted molar refractivity (Wildman–Crippen MR) is 47.3 cm³/mol. The number of amides is 1. The van der Waals surface area contributed by atoms with Gasteiger partial charge in [0.1, 0.15) is 6.04 Å². The number of carboxylic acid groups (broad SMARTS) is 1. The summed E-state index contributed by atoms with van der Waals surface area (Å²) in [5, 5.41) is 8.81. The van der Waals surface area contributed by atoms with Gasteiger partial charge in [-0.3, -0.25) is 4.79 Å². The van der Waals surface area contributed by atoms with Crippen LogP contribution in [0.25, 0.3) is 0 Å². The quantitative estimate of drug-likeness (QED) is 0.709. The Kier molecular flexibility index (Phi) is 3.28. The lowest BCUT2D eigenvalue weighted by molar-refractivity contribution is -0.148. The first-order chi connectivity index (χ1) is 6.16. The molecule has 13 heavy (non-hydrogen) atoms. The van der Waals surface area contributed by atoms with E-state index in [1.54, 1.807) is 0 Å². The van der Waals surface area contributed by atoms with Gasteiger partial charge in [-0.25, -0.2) is 4.79 Å². The van der Waals surface area contributed by atoms with Crippen molar-refractivity contribution in [2.75, 3.05) is 6.54 Å². The minimum absolute atomic E-state index is 0.0209. The summed E-state index contributed by atoms with van der Waals surface area (Å²) >= 11 is 0. The highest BCUT2D eigenvalue weighted by Gasteiger charge is 2.33. The van der Waals surface area contributed by atoms with Crippen LogP contribution in [-0.2, 0) is 9.59 Å². The molecule has 0 aromatic rings. The number of carbonyl (C=O) groups excluding carboxylic acids is 1. The highest BCUT2D eigenvalue weighted by atomic mass is 16.4. The Morgan fingerprint density at radius 1 is 1.54 bits per heavy atom. The molecule has 0 bridgehead atoms. The highest BCUT2D eigenvalue weighted by molar-refractivity contribution is 5.84. The second kappa shape index (κ2) is 4.25. The summed E-state index contributed by atoms with van der Waals surface area (Å²) in [6, 6.07) is -0.570. The molecule has 1 rings (SSSR count). The van der Waals surface area contributed by atoms with Crippen molar-refractivity contribution in [1.82, 2.24) is 4.90 Å². The summed E-state index contributed by atoms with van der Waals surface area (Å²) in [5.41, 5.74) is 0. The topological polar surface area (TPSA) is 57.6 Å². The number of aliphatic carboxylic acids is 1. The van der Waals surface area contributed by atoms with Crippen LogP contribution in [0.5, 0.6) is 0 Å². The first-order valence-corrected chi connectivity index (χ1v) is 4.69. The summed E-state index contributed by atoms with van der Waals surface area (Å²) in [7, 11) is 0. The van der Waals surface area contributed by atoms with Crippen LogP contribution in [0.15, 0.2) is 0 Å². The van der Waals surface area contributed by atoms with Gasteiger partial charge in [-0.1, -0.05) is 6.92 Å². The predicted octanol–water partition coefficient (Wildman–Crippen LogP) is 0.862. The van der Waals surface area contributed by atoms with Gasteiger partial charge in [0.05, 0.1) is 0 Å². The Morgan fingerprint density at radius 3 is 2.77 bits per heavy atom. The van der Waals surface area contributed by atoms with Crippen molar-refractivity contribution < 1.29 is 14.7 Å². The minimum atomic E-state index is -0.873. The van der Waals surface area contributed by atoms with Crippen LogP contribution in [0.3, 0.4) is 0 Å². The van der Waals surface area contributed by atoms with Crippen molar-refractivity contribution in [3.05, 3.63) is 0 Å². The van der Waals surface area contributed by atoms with Crippen LogP contribution in [0, 0.1) is 0 Å². The number of likely N-dealkylation sites (tertiary alicyclic amines) is 1. The fraction of sp³-hybridized carbons (Fsp3) is 0.778. The van der Waals surface area contributed by atoms with E-state index >= 15 is 0 Å². The lowest BCUT2D eigenvalue weighted by Crippen LogP contribution is -2.40. The van der Waals surface area contributed by atoms with Gasteiger partial charge in [0, 0.05) is 13.0 Å². The smallest absolute Gasteiger partial charge is 0.326 e. The first kappa shape index (κ1) is 10.0. The van der Waals surface area contributed by atoms with Crippen molar-refractivity contribution in [3.63, 3.8) is 0 Å². The molecule has 0 aliphatic carbocycles. The SMILES string of the molecule is CCCC(=O)N1CCC[C@H]1C(=O)O. The molecular weight excluding hydrogens is 170 g/mol. The van der Waals surface area contributed by atoms with Crippen molar-refractivity contribution in [2.24, 2.45) is 0 Å². The number of hydrogen-bond acceptors (Lipinski definition) is 2. The third-order valence-corrected chi connectivity index (χ3v) is 2.32.